The molecule has 0 bridgehead atoms. The van der Waals surface area contributed by atoms with Gasteiger partial charge in [0.25, 0.3) is 0 Å². The molecule has 0 radical (unpaired) electrons. The number of amides is 1. The monoisotopic (exact) mass is 236 g/mol. The number of carbonyl (C=O) groups excluding carboxylic acids is 1. The Morgan fingerprint density at radius 3 is 3.00 bits per heavy atom. The van der Waals surface area contributed by atoms with Crippen LogP contribution >= 0.6 is 0 Å². The molecule has 5 nitrogen and oxygen atoms in total. The molecule has 0 spiro atoms. The molecule has 1 atom stereocenters. The van der Waals surface area contributed by atoms with Gasteiger partial charge in [-0.05, 0) is 31.0 Å². The first kappa shape index (κ1) is 11.9. The van der Waals surface area contributed by atoms with Crippen LogP contribution in [0.1, 0.15) is 12.0 Å². The van der Waals surface area contributed by atoms with E-state index in [9.17, 15) is 9.90 Å². The molecule has 1 fully saturated rings. The summed E-state index contributed by atoms with van der Waals surface area (Å²) in [5.41, 5.74) is 6.26. The predicted octanol–water partition coefficient (Wildman–Crippen LogP) is 0.757. The number of benzene rings is 1. The second-order valence-corrected chi connectivity index (χ2v) is 4.43. The van der Waals surface area contributed by atoms with Gasteiger partial charge in [0.15, 0.2) is 0 Å². The molecule has 1 aromatic carbocycles. The minimum absolute atomic E-state index is 0.0338. The summed E-state index contributed by atoms with van der Waals surface area (Å²) in [6.45, 7) is 2.58. The molecule has 2 rings (SSSR count). The number of nitrogens with one attached hydrogen (secondary N) is 1. The van der Waals surface area contributed by atoms with Gasteiger partial charge in [0.2, 0.25) is 5.91 Å². The van der Waals surface area contributed by atoms with Gasteiger partial charge < -0.3 is 20.9 Å². The molecule has 1 aliphatic heterocycles. The Morgan fingerprint density at radius 2 is 2.35 bits per heavy atom. The van der Waals surface area contributed by atoms with Crippen molar-refractivity contribution in [3.8, 4) is 5.75 Å². The minimum Gasteiger partial charge on any atom is -0.506 e. The van der Waals surface area contributed by atoms with Crippen molar-refractivity contribution in [3.05, 3.63) is 23.8 Å². The Kier molecular flexibility index (Phi) is 3.04. The summed E-state index contributed by atoms with van der Waals surface area (Å²) >= 11 is 0. The molecule has 0 aromatic heterocycles. The summed E-state index contributed by atoms with van der Waals surface area (Å²) < 4.78 is 5.12. The zero-order chi connectivity index (χ0) is 12.5. The van der Waals surface area contributed by atoms with Gasteiger partial charge in [-0.3, -0.25) is 4.79 Å². The molecule has 0 aliphatic carbocycles. The van der Waals surface area contributed by atoms with Crippen LogP contribution in [0.3, 0.4) is 0 Å². The number of anilines is 1. The molecule has 1 unspecified atom stereocenters. The summed E-state index contributed by atoms with van der Waals surface area (Å²) in [6.07, 6.45) is 0.491. The zero-order valence-corrected chi connectivity index (χ0v) is 9.69. The van der Waals surface area contributed by atoms with E-state index in [0.717, 1.165) is 5.56 Å². The number of aryl methyl sites for hydroxylation is 1. The Labute approximate surface area is 99.6 Å². The summed E-state index contributed by atoms with van der Waals surface area (Å²) in [4.78, 5) is 12.0. The quantitative estimate of drug-likeness (QED) is 0.662. The minimum atomic E-state index is -0.990. The molecular formula is C12H16N2O3. The highest BCUT2D eigenvalue weighted by Crippen LogP contribution is 2.26. The average molecular weight is 236 g/mol. The Morgan fingerprint density at radius 1 is 1.59 bits per heavy atom. The molecule has 4 N–H and O–H groups in total. The van der Waals surface area contributed by atoms with Crippen LogP contribution in [0.2, 0.25) is 0 Å². The van der Waals surface area contributed by atoms with Crippen molar-refractivity contribution in [2.75, 3.05) is 18.5 Å². The second-order valence-electron chi connectivity index (χ2n) is 4.43. The number of nitrogens with two attached hydrogens (primary N) is 1. The maximum Gasteiger partial charge on any atom is 0.247 e. The van der Waals surface area contributed by atoms with Crippen LogP contribution < -0.4 is 11.1 Å². The van der Waals surface area contributed by atoms with Gasteiger partial charge >= 0.3 is 0 Å². The van der Waals surface area contributed by atoms with Crippen LogP contribution in [0.15, 0.2) is 18.2 Å². The first-order chi connectivity index (χ1) is 8.01. The predicted molar refractivity (Wildman–Crippen MR) is 63.8 cm³/mol. The summed E-state index contributed by atoms with van der Waals surface area (Å²) in [6, 6.07) is 5.01. The largest absolute Gasteiger partial charge is 0.506 e. The first-order valence-corrected chi connectivity index (χ1v) is 5.49. The lowest BCUT2D eigenvalue weighted by molar-refractivity contribution is -0.121. The molecule has 17 heavy (non-hydrogen) atoms. The molecule has 0 saturated carbocycles. The van der Waals surface area contributed by atoms with Crippen LogP contribution in [-0.4, -0.2) is 29.8 Å². The van der Waals surface area contributed by atoms with E-state index in [0.29, 0.717) is 18.7 Å². The Hall–Kier alpha value is -1.59. The van der Waals surface area contributed by atoms with Gasteiger partial charge in [-0.2, -0.15) is 0 Å². The fourth-order valence-corrected chi connectivity index (χ4v) is 1.76. The van der Waals surface area contributed by atoms with Crippen molar-refractivity contribution in [2.45, 2.75) is 18.9 Å². The Bertz CT molecular complexity index is 439. The number of rotatable bonds is 2. The van der Waals surface area contributed by atoms with E-state index in [-0.39, 0.29) is 18.3 Å². The van der Waals surface area contributed by atoms with E-state index in [1.165, 1.54) is 0 Å². The van der Waals surface area contributed by atoms with Crippen molar-refractivity contribution in [3.63, 3.8) is 0 Å². The first-order valence-electron chi connectivity index (χ1n) is 5.49. The maximum absolute atomic E-state index is 12.0. The molecule has 1 heterocycles. The third kappa shape index (κ3) is 2.40. The second kappa shape index (κ2) is 4.35. The highest BCUT2D eigenvalue weighted by molar-refractivity contribution is 5.99. The molecular weight excluding hydrogens is 220 g/mol. The van der Waals surface area contributed by atoms with Crippen molar-refractivity contribution in [1.29, 1.82) is 0 Å². The lowest BCUT2D eigenvalue weighted by Crippen LogP contribution is -2.51. The highest BCUT2D eigenvalue weighted by atomic mass is 16.5. The van der Waals surface area contributed by atoms with Crippen molar-refractivity contribution < 1.29 is 14.6 Å². The normalized spacial score (nSPS) is 23.6. The summed E-state index contributed by atoms with van der Waals surface area (Å²) in [5.74, 6) is -0.289. The van der Waals surface area contributed by atoms with Crippen LogP contribution in [0.25, 0.3) is 0 Å². The lowest BCUT2D eigenvalue weighted by Gasteiger charge is -2.21. The third-order valence-corrected chi connectivity index (χ3v) is 2.90. The summed E-state index contributed by atoms with van der Waals surface area (Å²) in [5, 5.41) is 12.3. The van der Waals surface area contributed by atoms with E-state index >= 15 is 0 Å². The SMILES string of the molecule is Cc1ccc(O)c(NC(=O)C2(N)CCOC2)c1. The van der Waals surface area contributed by atoms with E-state index < -0.39 is 5.54 Å². The number of hydrogen-bond acceptors (Lipinski definition) is 4. The molecule has 1 amide bonds. The number of phenols is 1. The Balaban J connectivity index is 2.15. The van der Waals surface area contributed by atoms with Gasteiger partial charge in [-0.15, -0.1) is 0 Å². The van der Waals surface area contributed by atoms with Crippen LogP contribution in [0.5, 0.6) is 5.75 Å². The van der Waals surface area contributed by atoms with E-state index in [1.54, 1.807) is 18.2 Å². The number of aromatic hydroxyl groups is 1. The van der Waals surface area contributed by atoms with Crippen molar-refractivity contribution in [2.24, 2.45) is 5.73 Å². The van der Waals surface area contributed by atoms with Gasteiger partial charge in [0.1, 0.15) is 11.3 Å². The molecule has 1 saturated heterocycles. The number of carbonyl (C=O) groups is 1. The zero-order valence-electron chi connectivity index (χ0n) is 9.69. The summed E-state index contributed by atoms with van der Waals surface area (Å²) in [7, 11) is 0. The fraction of sp³-hybridized carbons (Fsp3) is 0.417. The topological polar surface area (TPSA) is 84.6 Å². The van der Waals surface area contributed by atoms with Crippen LogP contribution in [-0.2, 0) is 9.53 Å². The maximum atomic E-state index is 12.0. The van der Waals surface area contributed by atoms with E-state index in [2.05, 4.69) is 5.32 Å². The van der Waals surface area contributed by atoms with Crippen LogP contribution in [0, 0.1) is 6.92 Å². The van der Waals surface area contributed by atoms with Crippen molar-refractivity contribution >= 4 is 11.6 Å². The average Bonchev–Trinajstić information content (AvgIpc) is 2.72. The fourth-order valence-electron chi connectivity index (χ4n) is 1.76. The molecule has 5 heteroatoms. The molecule has 1 aliphatic rings. The molecule has 92 valence electrons. The number of hydrogen-bond donors (Lipinski definition) is 3. The van der Waals surface area contributed by atoms with Gasteiger partial charge in [0, 0.05) is 6.61 Å². The highest BCUT2D eigenvalue weighted by Gasteiger charge is 2.38. The van der Waals surface area contributed by atoms with Crippen molar-refractivity contribution in [1.82, 2.24) is 0 Å². The smallest absolute Gasteiger partial charge is 0.247 e. The van der Waals surface area contributed by atoms with Crippen LogP contribution in [0.4, 0.5) is 5.69 Å². The molecule has 1 aromatic rings. The lowest BCUT2D eigenvalue weighted by atomic mass is 9.99. The van der Waals surface area contributed by atoms with Gasteiger partial charge in [-0.25, -0.2) is 0 Å². The number of phenolic OH excluding ortho intramolecular Hbond substituents is 1. The van der Waals surface area contributed by atoms with Gasteiger partial charge in [-0.1, -0.05) is 6.07 Å². The third-order valence-electron chi connectivity index (χ3n) is 2.90. The number of ether oxygens (including phenoxy) is 1. The van der Waals surface area contributed by atoms with Gasteiger partial charge in [0.05, 0.1) is 12.3 Å². The standard InChI is InChI=1S/C12H16N2O3/c1-8-2-3-10(15)9(6-8)14-11(16)12(13)4-5-17-7-12/h2-3,6,15H,4-5,7,13H2,1H3,(H,14,16). The van der Waals surface area contributed by atoms with E-state index in [4.69, 9.17) is 10.5 Å². The van der Waals surface area contributed by atoms with E-state index in [1.807, 2.05) is 6.92 Å².